The quantitative estimate of drug-likeness (QED) is 0.654. The second-order valence-corrected chi connectivity index (χ2v) is 7.02. The molecule has 126 valence electrons. The second-order valence-electron chi connectivity index (χ2n) is 7.02. The molecule has 0 bridgehead atoms. The summed E-state index contributed by atoms with van der Waals surface area (Å²) in [6.07, 6.45) is 10.9. The predicted octanol–water partition coefficient (Wildman–Crippen LogP) is 5.70. The molecule has 2 aliphatic carbocycles. The number of hydrogen-bond donors (Lipinski definition) is 0. The molecule has 0 amide bonds. The summed E-state index contributed by atoms with van der Waals surface area (Å²) in [7, 11) is 0. The molecule has 1 fully saturated rings. The van der Waals surface area contributed by atoms with Crippen molar-refractivity contribution in [2.45, 2.75) is 50.7 Å². The van der Waals surface area contributed by atoms with Gasteiger partial charge in [0.1, 0.15) is 6.10 Å². The lowest BCUT2D eigenvalue weighted by atomic mass is 9.84. The Bertz CT molecular complexity index is 798. The normalized spacial score (nSPS) is 19.6. The van der Waals surface area contributed by atoms with Crippen LogP contribution in [0.25, 0.3) is 6.08 Å². The average Bonchev–Trinajstić information content (AvgIpc) is 2.90. The van der Waals surface area contributed by atoms with Crippen molar-refractivity contribution in [2.24, 2.45) is 0 Å². The SMILES string of the molecule is C1#CC(OCc2ccc(C3CCCCC3)cc2)C=Cc2ccccc21. The molecule has 0 aliphatic heterocycles. The molecule has 2 aromatic carbocycles. The maximum absolute atomic E-state index is 6.01. The van der Waals surface area contributed by atoms with Crippen molar-refractivity contribution < 1.29 is 4.74 Å². The van der Waals surface area contributed by atoms with Gasteiger partial charge in [-0.15, -0.1) is 0 Å². The van der Waals surface area contributed by atoms with Gasteiger partial charge in [-0.05, 0) is 47.6 Å². The van der Waals surface area contributed by atoms with Crippen LogP contribution in [0.15, 0.2) is 54.6 Å². The minimum Gasteiger partial charge on any atom is -0.357 e. The van der Waals surface area contributed by atoms with Gasteiger partial charge in [-0.3, -0.25) is 0 Å². The minimum atomic E-state index is -0.148. The molecule has 0 spiro atoms. The lowest BCUT2D eigenvalue weighted by molar-refractivity contribution is 0.108. The smallest absolute Gasteiger partial charge is 0.137 e. The van der Waals surface area contributed by atoms with Crippen molar-refractivity contribution in [3.8, 4) is 11.8 Å². The van der Waals surface area contributed by atoms with E-state index in [9.17, 15) is 0 Å². The number of rotatable bonds is 4. The molecule has 1 unspecified atom stereocenters. The Morgan fingerprint density at radius 3 is 2.56 bits per heavy atom. The van der Waals surface area contributed by atoms with Crippen LogP contribution in [0.4, 0.5) is 0 Å². The zero-order valence-electron chi connectivity index (χ0n) is 14.6. The maximum atomic E-state index is 6.01. The van der Waals surface area contributed by atoms with Crippen LogP contribution >= 0.6 is 0 Å². The van der Waals surface area contributed by atoms with Crippen molar-refractivity contribution in [1.82, 2.24) is 0 Å². The summed E-state index contributed by atoms with van der Waals surface area (Å²) in [4.78, 5) is 0. The number of benzene rings is 2. The van der Waals surface area contributed by atoms with Gasteiger partial charge in [-0.2, -0.15) is 0 Å². The molecule has 25 heavy (non-hydrogen) atoms. The first-order chi connectivity index (χ1) is 12.4. The first-order valence-electron chi connectivity index (χ1n) is 9.38. The Hall–Kier alpha value is -2.30. The number of hydrogen-bond acceptors (Lipinski definition) is 1. The summed E-state index contributed by atoms with van der Waals surface area (Å²) < 4.78 is 6.01. The molecule has 2 aromatic rings. The fourth-order valence-electron chi connectivity index (χ4n) is 3.75. The van der Waals surface area contributed by atoms with Crippen molar-refractivity contribution >= 4 is 6.08 Å². The van der Waals surface area contributed by atoms with E-state index in [1.807, 2.05) is 12.1 Å². The third kappa shape index (κ3) is 4.03. The summed E-state index contributed by atoms with van der Waals surface area (Å²) in [5.74, 6) is 7.20. The van der Waals surface area contributed by atoms with Gasteiger partial charge in [0.2, 0.25) is 0 Å². The molecule has 1 saturated carbocycles. The van der Waals surface area contributed by atoms with E-state index < -0.39 is 0 Å². The van der Waals surface area contributed by atoms with Crippen molar-refractivity contribution in [3.05, 3.63) is 76.9 Å². The van der Waals surface area contributed by atoms with Gasteiger partial charge in [-0.1, -0.05) is 79.6 Å². The van der Waals surface area contributed by atoms with Gasteiger partial charge in [0.15, 0.2) is 0 Å². The van der Waals surface area contributed by atoms with Gasteiger partial charge in [0.05, 0.1) is 6.61 Å². The molecular weight excluding hydrogens is 304 g/mol. The molecule has 1 atom stereocenters. The summed E-state index contributed by atoms with van der Waals surface area (Å²) in [5.41, 5.74) is 4.95. The van der Waals surface area contributed by atoms with Crippen LogP contribution in [0, 0.1) is 11.8 Å². The van der Waals surface area contributed by atoms with Gasteiger partial charge < -0.3 is 4.74 Å². The Balaban J connectivity index is 1.37. The zero-order valence-corrected chi connectivity index (χ0v) is 14.6. The van der Waals surface area contributed by atoms with E-state index in [0.717, 1.165) is 17.0 Å². The maximum Gasteiger partial charge on any atom is 0.137 e. The Kier molecular flexibility index (Phi) is 5.00. The van der Waals surface area contributed by atoms with Crippen LogP contribution in [-0.2, 0) is 11.3 Å². The highest BCUT2D eigenvalue weighted by Crippen LogP contribution is 2.32. The van der Waals surface area contributed by atoms with E-state index in [2.05, 4.69) is 60.4 Å². The standard InChI is InChI=1S/C24H24O/c1-2-6-20(7-3-1)23-12-10-19(11-13-23)18-25-24-16-14-21-8-4-5-9-22(21)15-17-24/h4-5,8-14,16,20,24H,1-3,6-7,18H2. The molecule has 0 aromatic heterocycles. The van der Waals surface area contributed by atoms with Gasteiger partial charge >= 0.3 is 0 Å². The fourth-order valence-corrected chi connectivity index (χ4v) is 3.75. The van der Waals surface area contributed by atoms with Crippen LogP contribution in [0.1, 0.15) is 60.3 Å². The third-order valence-corrected chi connectivity index (χ3v) is 5.25. The largest absolute Gasteiger partial charge is 0.357 e. The molecular formula is C24H24O. The summed E-state index contributed by atoms with van der Waals surface area (Å²) in [5, 5.41) is 0. The number of fused-ring (bicyclic) bond motifs is 1. The monoisotopic (exact) mass is 328 g/mol. The van der Waals surface area contributed by atoms with E-state index in [-0.39, 0.29) is 6.10 Å². The minimum absolute atomic E-state index is 0.148. The highest BCUT2D eigenvalue weighted by atomic mass is 16.5. The van der Waals surface area contributed by atoms with Gasteiger partial charge in [-0.25, -0.2) is 0 Å². The van der Waals surface area contributed by atoms with E-state index in [1.165, 1.54) is 43.2 Å². The van der Waals surface area contributed by atoms with Gasteiger partial charge in [0, 0.05) is 5.56 Å². The predicted molar refractivity (Wildman–Crippen MR) is 103 cm³/mol. The third-order valence-electron chi connectivity index (χ3n) is 5.25. The molecule has 0 N–H and O–H groups in total. The molecule has 1 nitrogen and oxygen atoms in total. The first kappa shape index (κ1) is 16.2. The summed E-state index contributed by atoms with van der Waals surface area (Å²) in [6.45, 7) is 0.602. The highest BCUT2D eigenvalue weighted by molar-refractivity contribution is 5.62. The van der Waals surface area contributed by atoms with Crippen LogP contribution in [0.3, 0.4) is 0 Å². The van der Waals surface area contributed by atoms with Crippen LogP contribution < -0.4 is 0 Å². The summed E-state index contributed by atoms with van der Waals surface area (Å²) >= 11 is 0. The van der Waals surface area contributed by atoms with Crippen LogP contribution in [0.2, 0.25) is 0 Å². The average molecular weight is 328 g/mol. The molecule has 2 aliphatic rings. The van der Waals surface area contributed by atoms with Crippen LogP contribution in [-0.4, -0.2) is 6.10 Å². The van der Waals surface area contributed by atoms with E-state index in [0.29, 0.717) is 6.61 Å². The van der Waals surface area contributed by atoms with Crippen molar-refractivity contribution in [1.29, 1.82) is 0 Å². The molecule has 0 heterocycles. The van der Waals surface area contributed by atoms with Crippen molar-refractivity contribution in [2.75, 3.05) is 0 Å². The topological polar surface area (TPSA) is 9.23 Å². The molecule has 1 heteroatoms. The Morgan fingerprint density at radius 2 is 1.72 bits per heavy atom. The van der Waals surface area contributed by atoms with Crippen LogP contribution in [0.5, 0.6) is 0 Å². The number of ether oxygens (including phenoxy) is 1. The molecule has 0 radical (unpaired) electrons. The highest BCUT2D eigenvalue weighted by Gasteiger charge is 2.15. The lowest BCUT2D eigenvalue weighted by Gasteiger charge is -2.22. The molecule has 0 saturated heterocycles. The van der Waals surface area contributed by atoms with Crippen molar-refractivity contribution in [3.63, 3.8) is 0 Å². The first-order valence-corrected chi connectivity index (χ1v) is 9.38. The Labute approximate surface area is 150 Å². The molecule has 4 rings (SSSR count). The van der Waals surface area contributed by atoms with Gasteiger partial charge in [0.25, 0.3) is 0 Å². The fraction of sp³-hybridized carbons (Fsp3) is 0.333. The Morgan fingerprint density at radius 1 is 0.920 bits per heavy atom. The second kappa shape index (κ2) is 7.72. The van der Waals surface area contributed by atoms with E-state index in [4.69, 9.17) is 4.74 Å². The zero-order chi connectivity index (χ0) is 16.9. The van der Waals surface area contributed by atoms with E-state index in [1.54, 1.807) is 0 Å². The van der Waals surface area contributed by atoms with E-state index >= 15 is 0 Å². The summed E-state index contributed by atoms with van der Waals surface area (Å²) in [6, 6.07) is 17.2. The lowest BCUT2D eigenvalue weighted by Crippen LogP contribution is -2.07.